The van der Waals surface area contributed by atoms with Crippen LogP contribution in [0, 0.1) is 17.8 Å². The highest BCUT2D eigenvalue weighted by Crippen LogP contribution is 2.14. The monoisotopic (exact) mass is 201 g/mol. The Hall–Kier alpha value is -0.570. The summed E-state index contributed by atoms with van der Waals surface area (Å²) in [4.78, 5) is 11.6. The van der Waals surface area contributed by atoms with Crippen LogP contribution in [0.2, 0.25) is 0 Å². The Balaban J connectivity index is 3.84. The summed E-state index contributed by atoms with van der Waals surface area (Å²) in [5.74, 6) is 0.716. The first-order valence-electron chi connectivity index (χ1n) is 5.41. The molecule has 0 radical (unpaired) electrons. The molecule has 0 rings (SSSR count). The molecule has 0 fully saturated rings. The lowest BCUT2D eigenvalue weighted by Gasteiger charge is -2.18. The van der Waals surface area contributed by atoms with Gasteiger partial charge in [-0.2, -0.15) is 0 Å². The number of hydrogen-bond acceptors (Lipinski definition) is 2. The second kappa shape index (κ2) is 6.82. The first-order chi connectivity index (χ1) is 6.52. The Morgan fingerprint density at radius 1 is 1.36 bits per heavy atom. The fourth-order valence-electron chi connectivity index (χ4n) is 1.11. The summed E-state index contributed by atoms with van der Waals surface area (Å²) in [5.41, 5.74) is 0. The molecule has 0 spiro atoms. The molecule has 0 aliphatic carbocycles. The van der Waals surface area contributed by atoms with E-state index in [0.717, 1.165) is 6.42 Å². The van der Waals surface area contributed by atoms with Gasteiger partial charge in [-0.25, -0.2) is 0 Å². The maximum Gasteiger partial charge on any atom is 0.223 e. The number of carbonyl (C=O) groups is 1. The molecule has 0 saturated heterocycles. The first kappa shape index (κ1) is 13.4. The van der Waals surface area contributed by atoms with Crippen molar-refractivity contribution < 1.29 is 9.90 Å². The maximum absolute atomic E-state index is 11.6. The Kier molecular flexibility index (Phi) is 6.54. The summed E-state index contributed by atoms with van der Waals surface area (Å²) in [6.45, 7) is 8.72. The first-order valence-corrected chi connectivity index (χ1v) is 5.41. The zero-order chi connectivity index (χ0) is 11.1. The van der Waals surface area contributed by atoms with Crippen LogP contribution in [0.3, 0.4) is 0 Å². The summed E-state index contributed by atoms with van der Waals surface area (Å²) in [7, 11) is 0. The second-order valence-electron chi connectivity index (χ2n) is 4.21. The average Bonchev–Trinajstić information content (AvgIpc) is 2.22. The molecule has 0 aliphatic heterocycles. The van der Waals surface area contributed by atoms with Crippen molar-refractivity contribution in [3.05, 3.63) is 0 Å². The van der Waals surface area contributed by atoms with Crippen molar-refractivity contribution in [3.8, 4) is 0 Å². The molecular formula is C11H23NO2. The summed E-state index contributed by atoms with van der Waals surface area (Å²) >= 11 is 0. The fraction of sp³-hybridized carbons (Fsp3) is 0.909. The average molecular weight is 201 g/mol. The molecule has 0 heterocycles. The molecule has 3 heteroatoms. The third kappa shape index (κ3) is 4.61. The smallest absolute Gasteiger partial charge is 0.223 e. The minimum absolute atomic E-state index is 0.0610. The number of carbonyl (C=O) groups excluding carboxylic acids is 1. The zero-order valence-corrected chi connectivity index (χ0v) is 9.71. The Labute approximate surface area is 86.9 Å². The molecular weight excluding hydrogens is 178 g/mol. The highest BCUT2D eigenvalue weighted by atomic mass is 16.3. The minimum atomic E-state index is 0.0610. The summed E-state index contributed by atoms with van der Waals surface area (Å²) < 4.78 is 0. The Morgan fingerprint density at radius 3 is 2.36 bits per heavy atom. The third-order valence-corrected chi connectivity index (χ3v) is 2.85. The van der Waals surface area contributed by atoms with E-state index in [1.54, 1.807) is 0 Å². The lowest BCUT2D eigenvalue weighted by Crippen LogP contribution is -2.35. The van der Waals surface area contributed by atoms with E-state index in [2.05, 4.69) is 19.2 Å². The van der Waals surface area contributed by atoms with Gasteiger partial charge in [0.1, 0.15) is 0 Å². The van der Waals surface area contributed by atoms with Crippen molar-refractivity contribution in [2.24, 2.45) is 17.8 Å². The van der Waals surface area contributed by atoms with Crippen LogP contribution in [0.4, 0.5) is 0 Å². The highest BCUT2D eigenvalue weighted by molar-refractivity contribution is 5.78. The SMILES string of the molecule is CCC(C)C(C)C(=O)NCC(C)CO. The predicted octanol–water partition coefficient (Wildman–Crippen LogP) is 1.41. The van der Waals surface area contributed by atoms with E-state index >= 15 is 0 Å². The number of hydrogen-bond donors (Lipinski definition) is 2. The van der Waals surface area contributed by atoms with E-state index < -0.39 is 0 Å². The molecule has 3 atom stereocenters. The van der Waals surface area contributed by atoms with Crippen LogP contribution in [-0.4, -0.2) is 24.2 Å². The zero-order valence-electron chi connectivity index (χ0n) is 9.71. The van der Waals surface area contributed by atoms with E-state index in [1.165, 1.54) is 0 Å². The molecule has 84 valence electrons. The molecule has 0 bridgehead atoms. The number of amides is 1. The standard InChI is InChI=1S/C11H23NO2/c1-5-9(3)10(4)11(14)12-6-8(2)7-13/h8-10,13H,5-7H2,1-4H3,(H,12,14). The van der Waals surface area contributed by atoms with Crippen LogP contribution >= 0.6 is 0 Å². The normalized spacial score (nSPS) is 17.2. The molecule has 0 aliphatic rings. The Bertz CT molecular complexity index is 171. The van der Waals surface area contributed by atoms with Crippen molar-refractivity contribution in [1.29, 1.82) is 0 Å². The number of aliphatic hydroxyl groups is 1. The van der Waals surface area contributed by atoms with Gasteiger partial charge in [0.25, 0.3) is 0 Å². The van der Waals surface area contributed by atoms with Gasteiger partial charge >= 0.3 is 0 Å². The number of nitrogens with one attached hydrogen (secondary N) is 1. The van der Waals surface area contributed by atoms with Gasteiger partial charge in [-0.15, -0.1) is 0 Å². The molecule has 1 amide bonds. The van der Waals surface area contributed by atoms with E-state index in [0.29, 0.717) is 12.5 Å². The summed E-state index contributed by atoms with van der Waals surface area (Å²) in [6, 6.07) is 0. The van der Waals surface area contributed by atoms with Crippen LogP contribution < -0.4 is 5.32 Å². The van der Waals surface area contributed by atoms with Crippen LogP contribution in [0.1, 0.15) is 34.1 Å². The van der Waals surface area contributed by atoms with Crippen LogP contribution in [0.25, 0.3) is 0 Å². The minimum Gasteiger partial charge on any atom is -0.396 e. The van der Waals surface area contributed by atoms with Crippen LogP contribution in [-0.2, 0) is 4.79 Å². The van der Waals surface area contributed by atoms with Crippen molar-refractivity contribution in [2.45, 2.75) is 34.1 Å². The lowest BCUT2D eigenvalue weighted by atomic mass is 9.93. The van der Waals surface area contributed by atoms with Crippen molar-refractivity contribution >= 4 is 5.91 Å². The Morgan fingerprint density at radius 2 is 1.93 bits per heavy atom. The van der Waals surface area contributed by atoms with Gasteiger partial charge in [0, 0.05) is 19.1 Å². The largest absolute Gasteiger partial charge is 0.396 e. The van der Waals surface area contributed by atoms with Gasteiger partial charge in [0.05, 0.1) is 0 Å². The topological polar surface area (TPSA) is 49.3 Å². The van der Waals surface area contributed by atoms with Crippen molar-refractivity contribution in [1.82, 2.24) is 5.32 Å². The molecule has 0 saturated carbocycles. The third-order valence-electron chi connectivity index (χ3n) is 2.85. The molecule has 0 aromatic heterocycles. The molecule has 0 aromatic carbocycles. The predicted molar refractivity (Wildman–Crippen MR) is 57.9 cm³/mol. The van der Waals surface area contributed by atoms with Gasteiger partial charge in [-0.05, 0) is 11.8 Å². The maximum atomic E-state index is 11.6. The quantitative estimate of drug-likeness (QED) is 0.682. The van der Waals surface area contributed by atoms with E-state index in [4.69, 9.17) is 5.11 Å². The van der Waals surface area contributed by atoms with Gasteiger partial charge in [0.15, 0.2) is 0 Å². The number of rotatable bonds is 6. The van der Waals surface area contributed by atoms with E-state index in [9.17, 15) is 4.79 Å². The highest BCUT2D eigenvalue weighted by Gasteiger charge is 2.18. The summed E-state index contributed by atoms with van der Waals surface area (Å²) in [5, 5.41) is 11.6. The van der Waals surface area contributed by atoms with Crippen LogP contribution in [0.5, 0.6) is 0 Å². The lowest BCUT2D eigenvalue weighted by molar-refractivity contribution is -0.126. The van der Waals surface area contributed by atoms with Gasteiger partial charge in [-0.3, -0.25) is 4.79 Å². The van der Waals surface area contributed by atoms with Gasteiger partial charge < -0.3 is 10.4 Å². The molecule has 0 aromatic rings. The van der Waals surface area contributed by atoms with Gasteiger partial charge in [-0.1, -0.05) is 34.1 Å². The van der Waals surface area contributed by atoms with Crippen LogP contribution in [0.15, 0.2) is 0 Å². The molecule has 3 nitrogen and oxygen atoms in total. The molecule has 2 N–H and O–H groups in total. The second-order valence-corrected chi connectivity index (χ2v) is 4.21. The van der Waals surface area contributed by atoms with E-state index in [-0.39, 0.29) is 24.3 Å². The molecule has 3 unspecified atom stereocenters. The van der Waals surface area contributed by atoms with E-state index in [1.807, 2.05) is 13.8 Å². The van der Waals surface area contributed by atoms with Gasteiger partial charge in [0.2, 0.25) is 5.91 Å². The van der Waals surface area contributed by atoms with Crippen molar-refractivity contribution in [2.75, 3.05) is 13.2 Å². The fourth-order valence-corrected chi connectivity index (χ4v) is 1.11. The van der Waals surface area contributed by atoms with Crippen molar-refractivity contribution in [3.63, 3.8) is 0 Å². The number of aliphatic hydroxyl groups excluding tert-OH is 1. The molecule has 14 heavy (non-hydrogen) atoms. The summed E-state index contributed by atoms with van der Waals surface area (Å²) in [6.07, 6.45) is 1.02.